The first-order chi connectivity index (χ1) is 8.02. The second-order valence-electron chi connectivity index (χ2n) is 3.45. The molecule has 2 rings (SSSR count). The number of hydrogen-bond donors (Lipinski definition) is 3. The van der Waals surface area contributed by atoms with Crippen molar-refractivity contribution in [3.63, 3.8) is 0 Å². The summed E-state index contributed by atoms with van der Waals surface area (Å²) < 4.78 is 0. The normalized spacial score (nSPS) is 15.1. The smallest absolute Gasteiger partial charge is 0.267 e. The summed E-state index contributed by atoms with van der Waals surface area (Å²) in [6.07, 6.45) is 0.835. The Morgan fingerprint density at radius 1 is 1.24 bits per heavy atom. The quantitative estimate of drug-likeness (QED) is 0.285. The molecule has 0 radical (unpaired) electrons. The van der Waals surface area contributed by atoms with Gasteiger partial charge in [0.1, 0.15) is 5.84 Å². The summed E-state index contributed by atoms with van der Waals surface area (Å²) in [5, 5.41) is 16.3. The largest absolute Gasteiger partial charge is 0.495 e. The van der Waals surface area contributed by atoms with Crippen molar-refractivity contribution in [2.24, 2.45) is 5.73 Å². The van der Waals surface area contributed by atoms with E-state index in [1.807, 2.05) is 0 Å². The third kappa shape index (κ3) is 1.65. The molecule has 0 bridgehead atoms. The molecule has 0 saturated carbocycles. The summed E-state index contributed by atoms with van der Waals surface area (Å²) in [5.41, 5.74) is 5.47. The Labute approximate surface area is 96.5 Å². The lowest BCUT2D eigenvalue weighted by Gasteiger charge is -2.11. The number of aliphatic hydroxyl groups is 1. The molecule has 2 amide bonds. The standard InChI is InChI=1S/C11H9N3O3/c12-8(5-9(13)15)14-10(16)6-3-1-2-4-7(6)11(14)17/h1-5,12,15H,13H2/b9-5+,12-8?. The first kappa shape index (κ1) is 10.9. The minimum absolute atomic E-state index is 0.243. The highest BCUT2D eigenvalue weighted by Gasteiger charge is 2.37. The lowest BCUT2D eigenvalue weighted by atomic mass is 10.1. The fraction of sp³-hybridized carbons (Fsp3) is 0. The molecule has 86 valence electrons. The number of rotatable bonds is 1. The van der Waals surface area contributed by atoms with Gasteiger partial charge in [-0.1, -0.05) is 12.1 Å². The minimum atomic E-state index is -0.633. The molecule has 1 aliphatic rings. The number of nitrogens with two attached hydrogens (primary N) is 1. The van der Waals surface area contributed by atoms with Gasteiger partial charge in [0, 0.05) is 6.08 Å². The lowest BCUT2D eigenvalue weighted by molar-refractivity contribution is 0.0749. The van der Waals surface area contributed by atoms with Gasteiger partial charge in [-0.15, -0.1) is 0 Å². The number of amides is 2. The van der Waals surface area contributed by atoms with E-state index in [9.17, 15) is 9.59 Å². The van der Waals surface area contributed by atoms with Crippen LogP contribution in [0.2, 0.25) is 0 Å². The molecule has 6 nitrogen and oxygen atoms in total. The van der Waals surface area contributed by atoms with Crippen LogP contribution < -0.4 is 5.73 Å². The van der Waals surface area contributed by atoms with Crippen LogP contribution in [0.25, 0.3) is 0 Å². The Balaban J connectivity index is 2.43. The molecule has 0 saturated heterocycles. The molecular weight excluding hydrogens is 222 g/mol. The zero-order valence-corrected chi connectivity index (χ0v) is 8.68. The number of benzene rings is 1. The van der Waals surface area contributed by atoms with Crippen molar-refractivity contribution in [2.75, 3.05) is 0 Å². The van der Waals surface area contributed by atoms with Crippen LogP contribution in [0.15, 0.2) is 36.2 Å². The first-order valence-corrected chi connectivity index (χ1v) is 4.75. The number of carbonyl (C=O) groups is 2. The number of fused-ring (bicyclic) bond motifs is 1. The van der Waals surface area contributed by atoms with Gasteiger partial charge in [0.15, 0.2) is 5.88 Å². The zero-order chi connectivity index (χ0) is 12.6. The van der Waals surface area contributed by atoms with Gasteiger partial charge in [-0.3, -0.25) is 15.0 Å². The van der Waals surface area contributed by atoms with E-state index in [1.54, 1.807) is 12.1 Å². The molecule has 4 N–H and O–H groups in total. The van der Waals surface area contributed by atoms with Crippen molar-refractivity contribution < 1.29 is 14.7 Å². The fourth-order valence-corrected chi connectivity index (χ4v) is 1.61. The van der Waals surface area contributed by atoms with Crippen molar-refractivity contribution >= 4 is 17.6 Å². The summed E-state index contributed by atoms with van der Waals surface area (Å²) in [7, 11) is 0. The van der Waals surface area contributed by atoms with E-state index >= 15 is 0 Å². The molecule has 1 aromatic carbocycles. The summed E-state index contributed by atoms with van der Waals surface area (Å²) >= 11 is 0. The first-order valence-electron chi connectivity index (χ1n) is 4.75. The van der Waals surface area contributed by atoms with Crippen molar-refractivity contribution in [3.8, 4) is 0 Å². The Morgan fingerprint density at radius 3 is 2.12 bits per heavy atom. The van der Waals surface area contributed by atoms with Gasteiger partial charge >= 0.3 is 0 Å². The maximum atomic E-state index is 11.8. The number of amidine groups is 1. The van der Waals surface area contributed by atoms with E-state index in [4.69, 9.17) is 16.2 Å². The molecule has 0 aromatic heterocycles. The van der Waals surface area contributed by atoms with Gasteiger partial charge in [-0.2, -0.15) is 0 Å². The Hall–Kier alpha value is -2.63. The van der Waals surface area contributed by atoms with Crippen LogP contribution in [0.4, 0.5) is 0 Å². The van der Waals surface area contributed by atoms with Gasteiger partial charge in [0.05, 0.1) is 11.1 Å². The van der Waals surface area contributed by atoms with E-state index in [2.05, 4.69) is 0 Å². The van der Waals surface area contributed by atoms with Crippen molar-refractivity contribution in [3.05, 3.63) is 47.4 Å². The summed E-state index contributed by atoms with van der Waals surface area (Å²) in [4.78, 5) is 24.3. The minimum Gasteiger partial charge on any atom is -0.495 e. The maximum absolute atomic E-state index is 11.8. The van der Waals surface area contributed by atoms with Crippen LogP contribution in [0, 0.1) is 5.41 Å². The van der Waals surface area contributed by atoms with Crippen molar-refractivity contribution in [1.29, 1.82) is 5.41 Å². The number of nitrogens with zero attached hydrogens (tertiary/aromatic N) is 1. The summed E-state index contributed by atoms with van der Waals surface area (Å²) in [5.74, 6) is -2.27. The summed E-state index contributed by atoms with van der Waals surface area (Å²) in [6.45, 7) is 0. The summed E-state index contributed by atoms with van der Waals surface area (Å²) in [6, 6.07) is 6.28. The molecule has 0 fully saturated rings. The number of nitrogens with one attached hydrogen (secondary N) is 1. The van der Waals surface area contributed by atoms with E-state index < -0.39 is 23.5 Å². The Bertz CT molecular complexity index is 524. The fourth-order valence-electron chi connectivity index (χ4n) is 1.61. The highest BCUT2D eigenvalue weighted by Crippen LogP contribution is 2.22. The second-order valence-corrected chi connectivity index (χ2v) is 3.45. The van der Waals surface area contributed by atoms with Gasteiger partial charge in [0.2, 0.25) is 0 Å². The average Bonchev–Trinajstić information content (AvgIpc) is 2.51. The topological polar surface area (TPSA) is 107 Å². The predicted octanol–water partition coefficient (Wildman–Crippen LogP) is 0.618. The number of aliphatic hydroxyl groups excluding tert-OH is 1. The second kappa shape index (κ2) is 3.75. The number of carbonyl (C=O) groups excluding carboxylic acids is 2. The highest BCUT2D eigenvalue weighted by molar-refractivity contribution is 6.30. The van der Waals surface area contributed by atoms with Gasteiger partial charge in [-0.25, -0.2) is 4.90 Å². The zero-order valence-electron chi connectivity index (χ0n) is 8.68. The molecular formula is C11H9N3O3. The van der Waals surface area contributed by atoms with E-state index in [0.29, 0.717) is 4.90 Å². The molecule has 6 heteroatoms. The van der Waals surface area contributed by atoms with Crippen LogP contribution in [-0.4, -0.2) is 27.7 Å². The Morgan fingerprint density at radius 2 is 1.71 bits per heavy atom. The molecule has 1 aliphatic heterocycles. The molecule has 1 heterocycles. The molecule has 1 aromatic rings. The maximum Gasteiger partial charge on any atom is 0.267 e. The van der Waals surface area contributed by atoms with Crippen LogP contribution >= 0.6 is 0 Å². The van der Waals surface area contributed by atoms with Crippen LogP contribution in [-0.2, 0) is 0 Å². The van der Waals surface area contributed by atoms with Crippen LogP contribution in [0.1, 0.15) is 20.7 Å². The van der Waals surface area contributed by atoms with Crippen LogP contribution in [0.5, 0.6) is 0 Å². The van der Waals surface area contributed by atoms with Crippen molar-refractivity contribution in [2.45, 2.75) is 0 Å². The average molecular weight is 231 g/mol. The monoisotopic (exact) mass is 231 g/mol. The Kier molecular flexibility index (Phi) is 2.40. The van der Waals surface area contributed by atoms with Crippen molar-refractivity contribution in [1.82, 2.24) is 4.90 Å². The third-order valence-electron chi connectivity index (χ3n) is 2.32. The lowest BCUT2D eigenvalue weighted by Crippen LogP contribution is -2.34. The van der Waals surface area contributed by atoms with Gasteiger partial charge < -0.3 is 10.8 Å². The van der Waals surface area contributed by atoms with E-state index in [0.717, 1.165) is 6.08 Å². The highest BCUT2D eigenvalue weighted by atomic mass is 16.3. The predicted molar refractivity (Wildman–Crippen MR) is 59.6 cm³/mol. The number of hydrogen-bond acceptors (Lipinski definition) is 5. The van der Waals surface area contributed by atoms with Crippen LogP contribution in [0.3, 0.4) is 0 Å². The van der Waals surface area contributed by atoms with E-state index in [-0.39, 0.29) is 11.1 Å². The van der Waals surface area contributed by atoms with Gasteiger partial charge in [-0.05, 0) is 12.1 Å². The molecule has 0 spiro atoms. The molecule has 0 unspecified atom stereocenters. The number of imide groups is 1. The molecule has 0 aliphatic carbocycles. The van der Waals surface area contributed by atoms with E-state index in [1.165, 1.54) is 12.1 Å². The third-order valence-corrected chi connectivity index (χ3v) is 2.32. The van der Waals surface area contributed by atoms with Gasteiger partial charge in [0.25, 0.3) is 11.8 Å². The molecule has 0 atom stereocenters. The molecule has 17 heavy (non-hydrogen) atoms. The SMILES string of the molecule is N=C(/C=C(\N)O)N1C(=O)c2ccccc2C1=O.